The van der Waals surface area contributed by atoms with E-state index < -0.39 is 5.97 Å². The minimum Gasteiger partial charge on any atom is -0.466 e. The summed E-state index contributed by atoms with van der Waals surface area (Å²) in [5.41, 5.74) is 2.92. The molecule has 1 aliphatic heterocycles. The van der Waals surface area contributed by atoms with Crippen LogP contribution in [0.5, 0.6) is 0 Å². The van der Waals surface area contributed by atoms with Crippen LogP contribution in [-0.2, 0) is 14.3 Å². The molecule has 0 unspecified atom stereocenters. The Bertz CT molecular complexity index is 1130. The number of para-hydroxylation sites is 1. The summed E-state index contributed by atoms with van der Waals surface area (Å²) in [6, 6.07) is 14.7. The lowest BCUT2D eigenvalue weighted by Crippen LogP contribution is -2.36. The highest BCUT2D eigenvalue weighted by atomic mass is 16.5. The van der Waals surface area contributed by atoms with E-state index in [0.29, 0.717) is 43.2 Å². The number of hydrogen-bond donors (Lipinski definition) is 0. The predicted molar refractivity (Wildman–Crippen MR) is 112 cm³/mol. The fourth-order valence-electron chi connectivity index (χ4n) is 3.43. The number of anilines is 1. The van der Waals surface area contributed by atoms with Gasteiger partial charge in [-0.15, -0.1) is 0 Å². The van der Waals surface area contributed by atoms with E-state index in [-0.39, 0.29) is 5.43 Å². The average molecular weight is 391 g/mol. The van der Waals surface area contributed by atoms with E-state index in [1.165, 1.54) is 13.2 Å². The lowest BCUT2D eigenvalue weighted by Gasteiger charge is -2.27. The number of carbonyl (C=O) groups is 1. The van der Waals surface area contributed by atoms with Crippen LogP contribution in [0.2, 0.25) is 0 Å². The molecule has 0 aliphatic carbocycles. The fraction of sp³-hybridized carbons (Fsp3) is 0.217. The zero-order valence-corrected chi connectivity index (χ0v) is 16.1. The molecule has 2 aromatic carbocycles. The van der Waals surface area contributed by atoms with Gasteiger partial charge in [0, 0.05) is 30.8 Å². The molecule has 0 N–H and O–H groups in total. The predicted octanol–water partition coefficient (Wildman–Crippen LogP) is 3.48. The molecular weight excluding hydrogens is 370 g/mol. The molecule has 0 atom stereocenters. The first-order valence-electron chi connectivity index (χ1n) is 9.42. The van der Waals surface area contributed by atoms with Crippen LogP contribution < -0.4 is 10.3 Å². The second-order valence-corrected chi connectivity index (χ2v) is 6.67. The number of carbonyl (C=O) groups excluding carboxylic acids is 1. The number of nitrogens with zero attached hydrogens (tertiary/aromatic N) is 1. The number of ether oxygens (including phenoxy) is 2. The zero-order valence-electron chi connectivity index (χ0n) is 16.1. The normalized spacial score (nSPS) is 14.4. The molecule has 3 aromatic rings. The summed E-state index contributed by atoms with van der Waals surface area (Å²) < 4.78 is 16.3. The van der Waals surface area contributed by atoms with Crippen LogP contribution in [0, 0.1) is 0 Å². The molecule has 0 bridgehead atoms. The SMILES string of the molecule is COC(=O)/C=C/c1ccccc1-c1cccc2c(=O)cc(N3CCOCC3)oc12. The maximum atomic E-state index is 12.8. The molecule has 29 heavy (non-hydrogen) atoms. The molecule has 1 aromatic heterocycles. The first-order chi connectivity index (χ1) is 14.2. The number of methoxy groups -OCH3 is 1. The van der Waals surface area contributed by atoms with Gasteiger partial charge in [-0.3, -0.25) is 4.79 Å². The minimum atomic E-state index is -0.432. The monoisotopic (exact) mass is 391 g/mol. The largest absolute Gasteiger partial charge is 0.466 e. The summed E-state index contributed by atoms with van der Waals surface area (Å²) in [5, 5.41) is 0.520. The van der Waals surface area contributed by atoms with Gasteiger partial charge in [-0.1, -0.05) is 36.4 Å². The summed E-state index contributed by atoms with van der Waals surface area (Å²) in [4.78, 5) is 26.3. The highest BCUT2D eigenvalue weighted by Crippen LogP contribution is 2.32. The van der Waals surface area contributed by atoms with Gasteiger partial charge in [0.05, 0.1) is 25.7 Å². The van der Waals surface area contributed by atoms with Gasteiger partial charge in [0.1, 0.15) is 5.58 Å². The maximum Gasteiger partial charge on any atom is 0.330 e. The molecule has 6 heteroatoms. The van der Waals surface area contributed by atoms with Crippen molar-refractivity contribution < 1.29 is 18.7 Å². The van der Waals surface area contributed by atoms with Crippen LogP contribution in [0.4, 0.5) is 5.88 Å². The maximum absolute atomic E-state index is 12.8. The van der Waals surface area contributed by atoms with Gasteiger partial charge < -0.3 is 18.8 Å². The fourth-order valence-corrected chi connectivity index (χ4v) is 3.43. The van der Waals surface area contributed by atoms with E-state index in [4.69, 9.17) is 9.15 Å². The second-order valence-electron chi connectivity index (χ2n) is 6.67. The van der Waals surface area contributed by atoms with Gasteiger partial charge in [0.15, 0.2) is 11.3 Å². The van der Waals surface area contributed by atoms with Crippen molar-refractivity contribution in [3.05, 3.63) is 70.4 Å². The Morgan fingerprint density at radius 3 is 2.62 bits per heavy atom. The average Bonchev–Trinajstić information content (AvgIpc) is 2.78. The van der Waals surface area contributed by atoms with Crippen LogP contribution in [0.1, 0.15) is 5.56 Å². The Morgan fingerprint density at radius 1 is 1.07 bits per heavy atom. The van der Waals surface area contributed by atoms with Crippen molar-refractivity contribution in [3.8, 4) is 11.1 Å². The standard InChI is InChI=1S/C23H21NO5/c1-27-22(26)10-9-16-5-2-3-6-17(16)18-7-4-8-19-20(25)15-21(29-23(18)19)24-11-13-28-14-12-24/h2-10,15H,11-14H2,1H3/b10-9+. The van der Waals surface area contributed by atoms with E-state index in [1.54, 1.807) is 18.2 Å². The zero-order chi connectivity index (χ0) is 20.2. The Kier molecular flexibility index (Phi) is 5.44. The lowest BCUT2D eigenvalue weighted by atomic mass is 9.97. The molecule has 6 nitrogen and oxygen atoms in total. The number of rotatable bonds is 4. The first kappa shape index (κ1) is 19.0. The van der Waals surface area contributed by atoms with Crippen LogP contribution in [0.25, 0.3) is 28.2 Å². The van der Waals surface area contributed by atoms with Crippen molar-refractivity contribution in [2.24, 2.45) is 0 Å². The van der Waals surface area contributed by atoms with Crippen molar-refractivity contribution in [3.63, 3.8) is 0 Å². The van der Waals surface area contributed by atoms with Gasteiger partial charge in [-0.25, -0.2) is 4.79 Å². The van der Waals surface area contributed by atoms with E-state index >= 15 is 0 Å². The highest BCUT2D eigenvalue weighted by Gasteiger charge is 2.17. The Morgan fingerprint density at radius 2 is 1.83 bits per heavy atom. The molecule has 148 valence electrons. The van der Waals surface area contributed by atoms with Crippen molar-refractivity contribution in [2.45, 2.75) is 0 Å². The summed E-state index contributed by atoms with van der Waals surface area (Å²) in [6.45, 7) is 2.55. The molecule has 0 spiro atoms. The molecule has 0 amide bonds. The van der Waals surface area contributed by atoms with Crippen LogP contribution in [0.15, 0.2) is 63.8 Å². The highest BCUT2D eigenvalue weighted by molar-refractivity contribution is 5.96. The minimum absolute atomic E-state index is 0.0859. The number of morpholine rings is 1. The van der Waals surface area contributed by atoms with E-state index in [2.05, 4.69) is 4.74 Å². The lowest BCUT2D eigenvalue weighted by molar-refractivity contribution is -0.134. The Labute approximate surface area is 168 Å². The van der Waals surface area contributed by atoms with Crippen molar-refractivity contribution in [1.82, 2.24) is 0 Å². The van der Waals surface area contributed by atoms with Gasteiger partial charge in [-0.2, -0.15) is 0 Å². The molecule has 0 saturated carbocycles. The van der Waals surface area contributed by atoms with Crippen LogP contribution in [0.3, 0.4) is 0 Å². The first-order valence-corrected chi connectivity index (χ1v) is 9.42. The van der Waals surface area contributed by atoms with Gasteiger partial charge in [0.2, 0.25) is 0 Å². The smallest absolute Gasteiger partial charge is 0.330 e. The number of fused-ring (bicyclic) bond motifs is 1. The molecule has 2 heterocycles. The summed E-state index contributed by atoms with van der Waals surface area (Å²) in [6.07, 6.45) is 3.07. The van der Waals surface area contributed by atoms with Gasteiger partial charge in [0.25, 0.3) is 0 Å². The van der Waals surface area contributed by atoms with Crippen LogP contribution >= 0.6 is 0 Å². The molecule has 1 fully saturated rings. The Balaban J connectivity index is 1.87. The molecular formula is C23H21NO5. The molecule has 4 rings (SSSR count). The van der Waals surface area contributed by atoms with Crippen molar-refractivity contribution >= 4 is 28.9 Å². The number of benzene rings is 2. The Hall–Kier alpha value is -3.38. The summed E-state index contributed by atoms with van der Waals surface area (Å²) in [5.74, 6) is 0.111. The van der Waals surface area contributed by atoms with Crippen LogP contribution in [-0.4, -0.2) is 39.4 Å². The number of esters is 1. The van der Waals surface area contributed by atoms with E-state index in [1.807, 2.05) is 41.3 Å². The molecule has 1 aliphatic rings. The third-order valence-corrected chi connectivity index (χ3v) is 4.92. The van der Waals surface area contributed by atoms with Gasteiger partial charge in [-0.05, 0) is 23.3 Å². The topological polar surface area (TPSA) is 69.0 Å². The quantitative estimate of drug-likeness (QED) is 0.501. The summed E-state index contributed by atoms with van der Waals surface area (Å²) >= 11 is 0. The third kappa shape index (κ3) is 3.93. The van der Waals surface area contributed by atoms with Crippen molar-refractivity contribution in [2.75, 3.05) is 38.3 Å². The molecule has 0 radical (unpaired) electrons. The van der Waals surface area contributed by atoms with Crippen molar-refractivity contribution in [1.29, 1.82) is 0 Å². The second kappa shape index (κ2) is 8.32. The molecule has 1 saturated heterocycles. The van der Waals surface area contributed by atoms with E-state index in [9.17, 15) is 9.59 Å². The van der Waals surface area contributed by atoms with E-state index in [0.717, 1.165) is 16.7 Å². The van der Waals surface area contributed by atoms with Gasteiger partial charge >= 0.3 is 5.97 Å². The third-order valence-electron chi connectivity index (χ3n) is 4.92. The summed E-state index contributed by atoms with van der Waals surface area (Å²) in [7, 11) is 1.34. The number of hydrogen-bond acceptors (Lipinski definition) is 6.